The lowest BCUT2D eigenvalue weighted by Crippen LogP contribution is -2.00. The van der Waals surface area contributed by atoms with Crippen molar-refractivity contribution in [1.82, 2.24) is 14.8 Å². The number of thiazole rings is 1. The van der Waals surface area contributed by atoms with E-state index >= 15 is 0 Å². The minimum Gasteiger partial charge on any atom is -0.357 e. The summed E-state index contributed by atoms with van der Waals surface area (Å²) in [5, 5.41) is 8.78. The smallest absolute Gasteiger partial charge is 0.183 e. The molecule has 0 fully saturated rings. The second kappa shape index (κ2) is 4.87. The Balaban J connectivity index is 2.06. The molecule has 0 radical (unpaired) electrons. The second-order valence-corrected chi connectivity index (χ2v) is 5.35. The van der Waals surface area contributed by atoms with Crippen molar-refractivity contribution >= 4 is 16.5 Å². The van der Waals surface area contributed by atoms with Gasteiger partial charge in [-0.3, -0.25) is 4.68 Å². The quantitative estimate of drug-likeness (QED) is 0.907. The van der Waals surface area contributed by atoms with E-state index in [1.165, 1.54) is 10.4 Å². The first kappa shape index (κ1) is 12.1. The van der Waals surface area contributed by atoms with Crippen LogP contribution in [0.25, 0.3) is 0 Å². The lowest BCUT2D eigenvalue weighted by Gasteiger charge is -2.01. The van der Waals surface area contributed by atoms with Crippen LogP contribution in [0.4, 0.5) is 5.13 Å². The zero-order chi connectivity index (χ0) is 12.4. The highest BCUT2D eigenvalue weighted by molar-refractivity contribution is 7.15. The van der Waals surface area contributed by atoms with Crippen molar-refractivity contribution in [1.29, 1.82) is 0 Å². The maximum absolute atomic E-state index is 4.47. The highest BCUT2D eigenvalue weighted by Gasteiger charge is 2.07. The van der Waals surface area contributed by atoms with Crippen LogP contribution >= 0.6 is 11.3 Å². The molecule has 0 spiro atoms. The van der Waals surface area contributed by atoms with Crippen LogP contribution in [-0.2, 0) is 20.0 Å². The summed E-state index contributed by atoms with van der Waals surface area (Å²) in [7, 11) is 1.96. The lowest BCUT2D eigenvalue weighted by molar-refractivity contribution is 0.746. The molecule has 0 saturated carbocycles. The van der Waals surface area contributed by atoms with Gasteiger partial charge in [0, 0.05) is 30.2 Å². The third-order valence-electron chi connectivity index (χ3n) is 2.79. The minimum atomic E-state index is 0.795. The molecule has 0 unspecified atom stereocenters. The van der Waals surface area contributed by atoms with Gasteiger partial charge in [0.1, 0.15) is 0 Å². The molecule has 5 heteroatoms. The number of hydrogen-bond donors (Lipinski definition) is 1. The highest BCUT2D eigenvalue weighted by atomic mass is 32.1. The number of aryl methyl sites for hydroxylation is 4. The van der Waals surface area contributed by atoms with Gasteiger partial charge in [-0.1, -0.05) is 6.92 Å². The van der Waals surface area contributed by atoms with E-state index in [0.29, 0.717) is 0 Å². The summed E-state index contributed by atoms with van der Waals surface area (Å²) < 4.78 is 1.87. The Morgan fingerprint density at radius 3 is 2.76 bits per heavy atom. The third-order valence-corrected chi connectivity index (χ3v) is 3.82. The average molecular weight is 250 g/mol. The van der Waals surface area contributed by atoms with Crippen molar-refractivity contribution in [3.05, 3.63) is 28.0 Å². The van der Waals surface area contributed by atoms with Gasteiger partial charge in [0.25, 0.3) is 0 Å². The van der Waals surface area contributed by atoms with E-state index in [1.54, 1.807) is 11.3 Å². The van der Waals surface area contributed by atoms with Crippen molar-refractivity contribution < 1.29 is 0 Å². The van der Waals surface area contributed by atoms with Gasteiger partial charge in [-0.05, 0) is 20.3 Å². The standard InChI is InChI=1S/C12H18N4S/c1-5-11-10(7-16(4)15-11)6-13-12-14-8(2)9(3)17-12/h7H,5-6H2,1-4H3,(H,13,14). The van der Waals surface area contributed by atoms with E-state index in [1.807, 2.05) is 18.7 Å². The maximum atomic E-state index is 4.47. The Morgan fingerprint density at radius 2 is 2.18 bits per heavy atom. The molecule has 0 saturated heterocycles. The van der Waals surface area contributed by atoms with Crippen molar-refractivity contribution in [3.8, 4) is 0 Å². The van der Waals surface area contributed by atoms with Gasteiger partial charge in [-0.15, -0.1) is 11.3 Å². The summed E-state index contributed by atoms with van der Waals surface area (Å²) in [6, 6.07) is 0. The number of aromatic nitrogens is 3. The summed E-state index contributed by atoms with van der Waals surface area (Å²) in [4.78, 5) is 5.74. The zero-order valence-corrected chi connectivity index (χ0v) is 11.6. The van der Waals surface area contributed by atoms with Gasteiger partial charge in [-0.2, -0.15) is 5.10 Å². The molecule has 0 aliphatic heterocycles. The molecule has 2 heterocycles. The number of hydrogen-bond acceptors (Lipinski definition) is 4. The molecule has 0 aliphatic carbocycles. The van der Waals surface area contributed by atoms with Gasteiger partial charge in [0.15, 0.2) is 5.13 Å². The molecular weight excluding hydrogens is 232 g/mol. The van der Waals surface area contributed by atoms with Crippen LogP contribution in [0.2, 0.25) is 0 Å². The molecular formula is C12H18N4S. The molecule has 2 aromatic heterocycles. The Hall–Kier alpha value is -1.36. The Morgan fingerprint density at radius 1 is 1.41 bits per heavy atom. The monoisotopic (exact) mass is 250 g/mol. The number of rotatable bonds is 4. The van der Waals surface area contributed by atoms with Crippen molar-refractivity contribution in [3.63, 3.8) is 0 Å². The van der Waals surface area contributed by atoms with Crippen LogP contribution < -0.4 is 5.32 Å². The van der Waals surface area contributed by atoms with E-state index in [-0.39, 0.29) is 0 Å². The topological polar surface area (TPSA) is 42.7 Å². The Bertz CT molecular complexity index is 493. The van der Waals surface area contributed by atoms with Gasteiger partial charge in [0.05, 0.1) is 11.4 Å². The Kier molecular flexibility index (Phi) is 3.47. The van der Waals surface area contributed by atoms with Crippen molar-refractivity contribution in [2.24, 2.45) is 7.05 Å². The van der Waals surface area contributed by atoms with Gasteiger partial charge in [0.2, 0.25) is 0 Å². The predicted octanol–water partition coefficient (Wildman–Crippen LogP) is 2.67. The largest absolute Gasteiger partial charge is 0.357 e. The predicted molar refractivity (Wildman–Crippen MR) is 71.5 cm³/mol. The van der Waals surface area contributed by atoms with Gasteiger partial charge < -0.3 is 5.32 Å². The van der Waals surface area contributed by atoms with Crippen LogP contribution in [0.3, 0.4) is 0 Å². The van der Waals surface area contributed by atoms with Crippen molar-refractivity contribution in [2.45, 2.75) is 33.7 Å². The summed E-state index contributed by atoms with van der Waals surface area (Å²) in [5.41, 5.74) is 3.52. The molecule has 17 heavy (non-hydrogen) atoms. The molecule has 0 aliphatic rings. The van der Waals surface area contributed by atoms with E-state index in [0.717, 1.165) is 29.5 Å². The van der Waals surface area contributed by atoms with Gasteiger partial charge in [-0.25, -0.2) is 4.98 Å². The third kappa shape index (κ3) is 2.66. The fourth-order valence-electron chi connectivity index (χ4n) is 1.75. The lowest BCUT2D eigenvalue weighted by atomic mass is 10.2. The molecule has 0 atom stereocenters. The van der Waals surface area contributed by atoms with E-state index in [9.17, 15) is 0 Å². The van der Waals surface area contributed by atoms with Crippen LogP contribution in [0.5, 0.6) is 0 Å². The molecule has 1 N–H and O–H groups in total. The summed E-state index contributed by atoms with van der Waals surface area (Å²) in [6.07, 6.45) is 3.03. The maximum Gasteiger partial charge on any atom is 0.183 e. The Labute approximate surface area is 106 Å². The number of nitrogens with zero attached hydrogens (tertiary/aromatic N) is 3. The molecule has 0 amide bonds. The first-order valence-corrected chi connectivity index (χ1v) is 6.61. The molecule has 92 valence electrons. The van der Waals surface area contributed by atoms with Gasteiger partial charge >= 0.3 is 0 Å². The molecule has 2 rings (SSSR count). The second-order valence-electron chi connectivity index (χ2n) is 4.14. The molecule has 4 nitrogen and oxygen atoms in total. The van der Waals surface area contributed by atoms with E-state index in [2.05, 4.69) is 35.4 Å². The van der Waals surface area contributed by atoms with E-state index < -0.39 is 0 Å². The van der Waals surface area contributed by atoms with Crippen LogP contribution in [0.1, 0.15) is 28.8 Å². The summed E-state index contributed by atoms with van der Waals surface area (Å²) >= 11 is 1.70. The normalized spacial score (nSPS) is 10.8. The fourth-order valence-corrected chi connectivity index (χ4v) is 2.56. The highest BCUT2D eigenvalue weighted by Crippen LogP contribution is 2.22. The molecule has 2 aromatic rings. The molecule has 0 aromatic carbocycles. The SMILES string of the molecule is CCc1nn(C)cc1CNc1nc(C)c(C)s1. The first-order valence-electron chi connectivity index (χ1n) is 5.79. The summed E-state index contributed by atoms with van der Waals surface area (Å²) in [5.74, 6) is 0. The first-order chi connectivity index (χ1) is 8.10. The van der Waals surface area contributed by atoms with Crippen LogP contribution in [0.15, 0.2) is 6.20 Å². The number of anilines is 1. The van der Waals surface area contributed by atoms with Crippen molar-refractivity contribution in [2.75, 3.05) is 5.32 Å². The fraction of sp³-hybridized carbons (Fsp3) is 0.500. The minimum absolute atomic E-state index is 0.795. The zero-order valence-electron chi connectivity index (χ0n) is 10.7. The van der Waals surface area contributed by atoms with Crippen LogP contribution in [-0.4, -0.2) is 14.8 Å². The van der Waals surface area contributed by atoms with Crippen LogP contribution in [0, 0.1) is 13.8 Å². The average Bonchev–Trinajstić information content (AvgIpc) is 2.80. The van der Waals surface area contributed by atoms with E-state index in [4.69, 9.17) is 0 Å². The summed E-state index contributed by atoms with van der Waals surface area (Å²) in [6.45, 7) is 7.06. The molecule has 0 bridgehead atoms. The number of nitrogens with one attached hydrogen (secondary N) is 1.